The van der Waals surface area contributed by atoms with E-state index in [9.17, 15) is 19.2 Å². The van der Waals surface area contributed by atoms with Crippen molar-refractivity contribution in [3.05, 3.63) is 41.6 Å². The predicted octanol–water partition coefficient (Wildman–Crippen LogP) is 5.80. The third kappa shape index (κ3) is 34.4. The van der Waals surface area contributed by atoms with Crippen LogP contribution in [0.2, 0.25) is 0 Å². The normalized spacial score (nSPS) is 11.5. The number of allylic oxidation sites excluding steroid dienone is 1. The van der Waals surface area contributed by atoms with Crippen molar-refractivity contribution in [1.82, 2.24) is 25.8 Å². The van der Waals surface area contributed by atoms with Crippen LogP contribution >= 0.6 is 0 Å². The minimum Gasteiger partial charge on any atom is -0.445 e. The molecule has 9 N–H and O–H groups in total. The summed E-state index contributed by atoms with van der Waals surface area (Å²) in [6.45, 7) is 22.6. The van der Waals surface area contributed by atoms with E-state index in [4.69, 9.17) is 21.3 Å². The number of rotatable bonds is 21. The first-order chi connectivity index (χ1) is 25.8. The van der Waals surface area contributed by atoms with E-state index in [1.165, 1.54) is 0 Å². The summed E-state index contributed by atoms with van der Waals surface area (Å²) in [6.07, 6.45) is 6.39. The maximum absolute atomic E-state index is 13.0. The molecule has 0 aromatic heterocycles. The molecule has 0 radical (unpaired) electrons. The van der Waals surface area contributed by atoms with Gasteiger partial charge in [-0.25, -0.2) is 9.59 Å². The third-order valence-electron chi connectivity index (χ3n) is 7.47. The summed E-state index contributed by atoms with van der Waals surface area (Å²) in [5.41, 5.74) is 12.6. The summed E-state index contributed by atoms with van der Waals surface area (Å²) in [6, 6.07) is 6.64. The number of urea groups is 1. The van der Waals surface area contributed by atoms with Crippen molar-refractivity contribution in [2.45, 2.75) is 126 Å². The average molecular weight is 781 g/mol. The summed E-state index contributed by atoms with van der Waals surface area (Å²) in [5.74, 6) is 0.116. The molecule has 0 aliphatic heterocycles. The van der Waals surface area contributed by atoms with E-state index in [0.717, 1.165) is 49.2 Å². The average Bonchev–Trinajstić information content (AvgIpc) is 3.12. The Hall–Kier alpha value is -3.88. The van der Waals surface area contributed by atoms with E-state index in [1.54, 1.807) is 11.9 Å². The van der Waals surface area contributed by atoms with Gasteiger partial charge in [0.15, 0.2) is 0 Å². The van der Waals surface area contributed by atoms with Crippen LogP contribution in [0.5, 0.6) is 0 Å². The molecule has 1 unspecified atom stereocenters. The number of primary amides is 1. The molecule has 1 aromatic rings. The monoisotopic (exact) mass is 781 g/mol. The Morgan fingerprint density at radius 3 is 1.96 bits per heavy atom. The smallest absolute Gasteiger partial charge is 0.409 e. The van der Waals surface area contributed by atoms with Gasteiger partial charge in [0, 0.05) is 56.6 Å². The Labute approximate surface area is 333 Å². The molecule has 0 spiro atoms. The Bertz CT molecular complexity index is 1180. The van der Waals surface area contributed by atoms with Gasteiger partial charge in [0.2, 0.25) is 11.8 Å². The van der Waals surface area contributed by atoms with Gasteiger partial charge in [0.05, 0.1) is 6.54 Å². The van der Waals surface area contributed by atoms with Crippen LogP contribution in [0.15, 0.2) is 36.0 Å². The van der Waals surface area contributed by atoms with Crippen molar-refractivity contribution in [3.63, 3.8) is 0 Å². The van der Waals surface area contributed by atoms with E-state index >= 15 is 0 Å². The molecule has 14 heteroatoms. The number of aliphatic hydroxyl groups is 1. The van der Waals surface area contributed by atoms with Crippen molar-refractivity contribution in [2.24, 2.45) is 23.3 Å². The maximum atomic E-state index is 13.0. The number of aliphatic hydroxyl groups excluding tert-OH is 1. The number of carbonyl (C=O) groups is 4. The highest BCUT2D eigenvalue weighted by molar-refractivity contribution is 5.88. The van der Waals surface area contributed by atoms with Crippen molar-refractivity contribution in [3.8, 4) is 0 Å². The van der Waals surface area contributed by atoms with Crippen LogP contribution in [0.1, 0.15) is 113 Å². The van der Waals surface area contributed by atoms with Crippen LogP contribution in [0, 0.1) is 11.8 Å². The Morgan fingerprint density at radius 2 is 1.55 bits per heavy atom. The molecule has 0 fully saturated rings. The molecule has 1 atom stereocenters. The van der Waals surface area contributed by atoms with Gasteiger partial charge in [-0.2, -0.15) is 0 Å². The van der Waals surface area contributed by atoms with Gasteiger partial charge in [0.1, 0.15) is 12.6 Å². The fraction of sp³-hybridized carbons (Fsp3) is 0.707. The zero-order valence-electron chi connectivity index (χ0n) is 36.6. The molecule has 0 bridgehead atoms. The molecular weight excluding hydrogens is 701 g/mol. The second kappa shape index (κ2) is 33.5. The SMILES string of the molecule is CC.CC(C)(N)CCO.CCC/C=C(\CNC(=O)C(NC(=O)CCC(C)C)C(C)C)Nc1ccc(COC(=O)N(C)CCN(C)C)cc1.CCCNC(N)=O. The summed E-state index contributed by atoms with van der Waals surface area (Å²) in [7, 11) is 5.65. The molecule has 0 heterocycles. The van der Waals surface area contributed by atoms with Crippen LogP contribution in [0.25, 0.3) is 0 Å². The number of anilines is 1. The lowest BCUT2D eigenvalue weighted by molar-refractivity contribution is -0.130. The highest BCUT2D eigenvalue weighted by atomic mass is 16.6. The third-order valence-corrected chi connectivity index (χ3v) is 7.47. The lowest BCUT2D eigenvalue weighted by Gasteiger charge is -2.23. The Balaban J connectivity index is -0.00000141. The summed E-state index contributed by atoms with van der Waals surface area (Å²) < 4.78 is 5.42. The van der Waals surface area contributed by atoms with Gasteiger partial charge in [-0.15, -0.1) is 0 Å². The molecule has 0 saturated heterocycles. The van der Waals surface area contributed by atoms with Crippen LogP contribution < -0.4 is 32.7 Å². The van der Waals surface area contributed by atoms with E-state index in [-0.39, 0.29) is 42.6 Å². The topological polar surface area (TPSA) is 204 Å². The Morgan fingerprint density at radius 1 is 0.945 bits per heavy atom. The van der Waals surface area contributed by atoms with Gasteiger partial charge >= 0.3 is 12.1 Å². The fourth-order valence-corrected chi connectivity index (χ4v) is 4.08. The van der Waals surface area contributed by atoms with Crippen molar-refractivity contribution in [1.29, 1.82) is 0 Å². The van der Waals surface area contributed by atoms with Crippen molar-refractivity contribution < 1.29 is 29.0 Å². The molecule has 1 rings (SSSR count). The van der Waals surface area contributed by atoms with Gasteiger partial charge in [-0.3, -0.25) is 9.59 Å². The number of benzene rings is 1. The number of likely N-dealkylation sites (N-methyl/N-ethyl adjacent to an activating group) is 2. The second-order valence-electron chi connectivity index (χ2n) is 14.8. The number of nitrogens with two attached hydrogens (primary N) is 2. The zero-order chi connectivity index (χ0) is 43.0. The zero-order valence-corrected chi connectivity index (χ0v) is 36.6. The maximum Gasteiger partial charge on any atom is 0.409 e. The minimum absolute atomic E-state index is 0.0292. The molecule has 0 aliphatic rings. The van der Waals surface area contributed by atoms with E-state index in [0.29, 0.717) is 38.4 Å². The predicted molar refractivity (Wildman–Crippen MR) is 227 cm³/mol. The highest BCUT2D eigenvalue weighted by Crippen LogP contribution is 2.14. The molecule has 0 saturated carbocycles. The van der Waals surface area contributed by atoms with Crippen molar-refractivity contribution in [2.75, 3.05) is 59.2 Å². The molecule has 55 heavy (non-hydrogen) atoms. The summed E-state index contributed by atoms with van der Waals surface area (Å²) in [4.78, 5) is 50.9. The number of nitrogens with one attached hydrogen (secondary N) is 4. The van der Waals surface area contributed by atoms with E-state index in [2.05, 4.69) is 48.1 Å². The van der Waals surface area contributed by atoms with Crippen LogP contribution in [0.4, 0.5) is 15.3 Å². The summed E-state index contributed by atoms with van der Waals surface area (Å²) in [5, 5.41) is 20.0. The van der Waals surface area contributed by atoms with Crippen LogP contribution in [0.3, 0.4) is 0 Å². The van der Waals surface area contributed by atoms with Gasteiger partial charge < -0.3 is 52.4 Å². The van der Waals surface area contributed by atoms with Crippen molar-refractivity contribution >= 4 is 29.6 Å². The van der Waals surface area contributed by atoms with E-state index in [1.807, 2.05) is 91.7 Å². The molecule has 0 aliphatic carbocycles. The summed E-state index contributed by atoms with van der Waals surface area (Å²) >= 11 is 0. The number of nitrogens with zero attached hydrogens (tertiary/aromatic N) is 2. The number of amides is 5. The van der Waals surface area contributed by atoms with Crippen LogP contribution in [-0.4, -0.2) is 104 Å². The van der Waals surface area contributed by atoms with E-state index < -0.39 is 12.1 Å². The number of hydrogen-bond acceptors (Lipinski definition) is 9. The quantitative estimate of drug-likeness (QED) is 0.0804. The first kappa shape index (κ1) is 55.5. The number of ether oxygens (including phenoxy) is 1. The first-order valence-corrected chi connectivity index (χ1v) is 19.8. The molecule has 320 valence electrons. The second-order valence-corrected chi connectivity index (χ2v) is 14.8. The number of carbonyl (C=O) groups excluding carboxylic acids is 4. The lowest BCUT2D eigenvalue weighted by Crippen LogP contribution is -2.50. The van der Waals surface area contributed by atoms with Gasteiger partial charge in [-0.05, 0) is 83.2 Å². The Kier molecular flexibility index (Phi) is 33.7. The number of unbranched alkanes of at least 4 members (excludes halogenated alkanes) is 1. The molecular formula is C41H80N8O6. The highest BCUT2D eigenvalue weighted by Gasteiger charge is 2.24. The first-order valence-electron chi connectivity index (χ1n) is 19.8. The van der Waals surface area contributed by atoms with Crippen LogP contribution in [-0.2, 0) is 20.9 Å². The molecule has 14 nitrogen and oxygen atoms in total. The fourth-order valence-electron chi connectivity index (χ4n) is 4.08. The van der Waals surface area contributed by atoms with Gasteiger partial charge in [0.25, 0.3) is 0 Å². The molecule has 1 aromatic carbocycles. The minimum atomic E-state index is -0.582. The lowest BCUT2D eigenvalue weighted by atomic mass is 10.0. The standard InChI is InChI=1S/C30H51N5O4.C5H13NO.C4H10N2O.C2H6/c1-9-10-11-26(20-31-29(37)28(23(4)5)33-27(36)17-12-22(2)3)32-25-15-13-24(14-16-25)21-39-30(38)35(8)19-18-34(6)7;1-5(2,6)3-4-7;1-2-3-6-4(5)7;1-2/h11,13-16,22-23,28,32H,9-10,12,17-21H2,1-8H3,(H,31,37)(H,33,36);7H,3-4,6H2,1-2H3;2-3H2,1H3,(H3,5,6,7);1-2H3/b26-11+;;;. The largest absolute Gasteiger partial charge is 0.445 e. The molecule has 5 amide bonds. The van der Waals surface area contributed by atoms with Gasteiger partial charge in [-0.1, -0.05) is 80.0 Å². The number of hydrogen-bond donors (Lipinski definition) is 7.